The SMILES string of the molecule is CC1(C)c2ccccc2-c2cc3c(cc21)c1ccccc1n3N1C(c2ccccc2)=CC1c1cccc(-c2ccccc2)c1. The molecule has 1 aromatic heterocycles. The highest BCUT2D eigenvalue weighted by atomic mass is 15.6. The molecule has 0 saturated heterocycles. The van der Waals surface area contributed by atoms with Gasteiger partial charge in [0.2, 0.25) is 0 Å². The number of nitrogens with zero attached hydrogens (tertiary/aromatic N) is 2. The van der Waals surface area contributed by atoms with Gasteiger partial charge in [0, 0.05) is 16.2 Å². The molecular weight excluding hydrogens is 532 g/mol. The molecule has 2 heterocycles. The van der Waals surface area contributed by atoms with Crippen molar-refractivity contribution in [1.82, 2.24) is 4.68 Å². The molecule has 6 aromatic carbocycles. The van der Waals surface area contributed by atoms with E-state index in [0.717, 1.165) is 0 Å². The second kappa shape index (κ2) is 9.33. The van der Waals surface area contributed by atoms with Crippen molar-refractivity contribution in [3.8, 4) is 22.3 Å². The average Bonchev–Trinajstić information content (AvgIpc) is 3.49. The van der Waals surface area contributed by atoms with E-state index in [9.17, 15) is 0 Å². The number of aromatic nitrogens is 1. The Kier molecular flexibility index (Phi) is 5.34. The minimum absolute atomic E-state index is 0.0460. The summed E-state index contributed by atoms with van der Waals surface area (Å²) in [5.41, 5.74) is 14.1. The quantitative estimate of drug-likeness (QED) is 0.206. The fourth-order valence-electron chi connectivity index (χ4n) is 7.58. The highest BCUT2D eigenvalue weighted by Crippen LogP contribution is 2.51. The fourth-order valence-corrected chi connectivity index (χ4v) is 7.58. The average molecular weight is 565 g/mol. The molecule has 0 bridgehead atoms. The minimum Gasteiger partial charge on any atom is -0.269 e. The van der Waals surface area contributed by atoms with Crippen molar-refractivity contribution >= 4 is 27.5 Å². The first-order chi connectivity index (χ1) is 21.6. The normalized spacial score (nSPS) is 16.5. The third-order valence-electron chi connectivity index (χ3n) is 9.80. The molecule has 44 heavy (non-hydrogen) atoms. The summed E-state index contributed by atoms with van der Waals surface area (Å²) < 4.78 is 2.49. The van der Waals surface area contributed by atoms with Gasteiger partial charge in [-0.3, -0.25) is 9.69 Å². The molecule has 9 rings (SSSR count). The maximum absolute atomic E-state index is 2.52. The topological polar surface area (TPSA) is 8.17 Å². The van der Waals surface area contributed by atoms with Crippen LogP contribution in [0.25, 0.3) is 49.8 Å². The monoisotopic (exact) mass is 564 g/mol. The van der Waals surface area contributed by atoms with Crippen LogP contribution in [0.5, 0.6) is 0 Å². The zero-order valence-electron chi connectivity index (χ0n) is 24.9. The number of rotatable bonds is 4. The highest BCUT2D eigenvalue weighted by molar-refractivity contribution is 6.11. The molecule has 2 aliphatic rings. The molecule has 0 fully saturated rings. The van der Waals surface area contributed by atoms with Gasteiger partial charge in [0.1, 0.15) is 0 Å². The first-order valence-electron chi connectivity index (χ1n) is 15.5. The second-order valence-corrected chi connectivity index (χ2v) is 12.6. The Morgan fingerprint density at radius 3 is 2.00 bits per heavy atom. The molecule has 2 nitrogen and oxygen atoms in total. The minimum atomic E-state index is -0.0460. The van der Waals surface area contributed by atoms with Gasteiger partial charge in [-0.05, 0) is 74.8 Å². The van der Waals surface area contributed by atoms with Gasteiger partial charge >= 0.3 is 0 Å². The van der Waals surface area contributed by atoms with E-state index in [2.05, 4.69) is 175 Å². The zero-order chi connectivity index (χ0) is 29.4. The van der Waals surface area contributed by atoms with Crippen molar-refractivity contribution in [2.24, 2.45) is 0 Å². The van der Waals surface area contributed by atoms with Crippen LogP contribution in [-0.4, -0.2) is 4.68 Å². The van der Waals surface area contributed by atoms with Crippen LogP contribution in [0, 0.1) is 0 Å². The number of para-hydroxylation sites is 1. The number of hydrogen-bond acceptors (Lipinski definition) is 1. The van der Waals surface area contributed by atoms with Crippen molar-refractivity contribution in [3.05, 3.63) is 174 Å². The van der Waals surface area contributed by atoms with E-state index >= 15 is 0 Å². The van der Waals surface area contributed by atoms with Crippen LogP contribution in [0.4, 0.5) is 0 Å². The summed E-state index contributed by atoms with van der Waals surface area (Å²) in [4.78, 5) is 0. The van der Waals surface area contributed by atoms with Crippen LogP contribution >= 0.6 is 0 Å². The van der Waals surface area contributed by atoms with Crippen LogP contribution in [0.1, 0.15) is 42.1 Å². The summed E-state index contributed by atoms with van der Waals surface area (Å²) in [6, 6.07) is 53.4. The number of fused-ring (bicyclic) bond motifs is 6. The standard InChI is InChI=1S/C42H32N2/c1-42(2)36-22-11-9-20-32(36)34-26-41-35(25-37(34)42)33-21-10-12-23-38(33)43(41)44-39(29-16-7-4-8-17-29)27-40(44)31-19-13-18-30(24-31)28-14-5-3-6-15-28/h3-27,40H,1-2H3. The van der Waals surface area contributed by atoms with Gasteiger partial charge in [-0.15, -0.1) is 0 Å². The first kappa shape index (κ1) is 25.2. The van der Waals surface area contributed by atoms with Crippen molar-refractivity contribution in [3.63, 3.8) is 0 Å². The number of hydrogen-bond donors (Lipinski definition) is 0. The van der Waals surface area contributed by atoms with E-state index in [4.69, 9.17) is 0 Å². The van der Waals surface area contributed by atoms with Gasteiger partial charge in [0.05, 0.1) is 22.8 Å². The van der Waals surface area contributed by atoms with E-state index in [0.29, 0.717) is 0 Å². The number of benzene rings is 6. The maximum Gasteiger partial charge on any atom is 0.0965 e. The summed E-state index contributed by atoms with van der Waals surface area (Å²) in [5.74, 6) is 0. The Bertz CT molecular complexity index is 2250. The van der Waals surface area contributed by atoms with Gasteiger partial charge in [-0.25, -0.2) is 0 Å². The Morgan fingerprint density at radius 1 is 0.500 bits per heavy atom. The summed E-state index contributed by atoms with van der Waals surface area (Å²) in [6.45, 7) is 4.73. The van der Waals surface area contributed by atoms with Crippen molar-refractivity contribution < 1.29 is 0 Å². The summed E-state index contributed by atoms with van der Waals surface area (Å²) >= 11 is 0. The lowest BCUT2D eigenvalue weighted by atomic mass is 9.82. The van der Waals surface area contributed by atoms with E-state index in [1.54, 1.807) is 0 Å². The molecule has 0 amide bonds. The van der Waals surface area contributed by atoms with Gasteiger partial charge in [-0.2, -0.15) is 0 Å². The molecule has 2 heteroatoms. The fraction of sp³-hybridized carbons (Fsp3) is 0.0952. The second-order valence-electron chi connectivity index (χ2n) is 12.6. The third-order valence-corrected chi connectivity index (χ3v) is 9.80. The molecule has 1 aliphatic carbocycles. The Balaban J connectivity index is 1.30. The molecule has 1 atom stereocenters. The first-order valence-corrected chi connectivity index (χ1v) is 15.5. The summed E-state index contributed by atoms with van der Waals surface area (Å²) in [5, 5.41) is 5.10. The van der Waals surface area contributed by atoms with Gasteiger partial charge < -0.3 is 0 Å². The van der Waals surface area contributed by atoms with Crippen molar-refractivity contribution in [2.45, 2.75) is 25.3 Å². The lowest BCUT2D eigenvalue weighted by molar-refractivity contribution is 0.630. The Hall–Kier alpha value is -5.34. The summed E-state index contributed by atoms with van der Waals surface area (Å²) in [7, 11) is 0. The van der Waals surface area contributed by atoms with Crippen molar-refractivity contribution in [2.75, 3.05) is 5.01 Å². The third kappa shape index (κ3) is 3.55. The lowest BCUT2D eigenvalue weighted by Crippen LogP contribution is -2.42. The smallest absolute Gasteiger partial charge is 0.0965 e. The molecule has 0 N–H and O–H groups in total. The van der Waals surface area contributed by atoms with Crippen molar-refractivity contribution in [1.29, 1.82) is 0 Å². The van der Waals surface area contributed by atoms with E-state index in [-0.39, 0.29) is 11.5 Å². The Labute approximate surface area is 258 Å². The predicted octanol–water partition coefficient (Wildman–Crippen LogP) is 10.5. The molecule has 0 radical (unpaired) electrons. The molecule has 210 valence electrons. The van der Waals surface area contributed by atoms with Gasteiger partial charge in [0.25, 0.3) is 0 Å². The largest absolute Gasteiger partial charge is 0.269 e. The van der Waals surface area contributed by atoms with E-state index in [1.807, 2.05) is 0 Å². The predicted molar refractivity (Wildman–Crippen MR) is 184 cm³/mol. The van der Waals surface area contributed by atoms with E-state index < -0.39 is 0 Å². The molecule has 0 saturated carbocycles. The lowest BCUT2D eigenvalue weighted by Gasteiger charge is -2.43. The van der Waals surface area contributed by atoms with Crippen LogP contribution in [0.15, 0.2) is 152 Å². The molecule has 1 unspecified atom stereocenters. The Morgan fingerprint density at radius 2 is 1.18 bits per heavy atom. The van der Waals surface area contributed by atoms with Crippen LogP contribution < -0.4 is 5.01 Å². The summed E-state index contributed by atoms with van der Waals surface area (Å²) in [6.07, 6.45) is 2.42. The van der Waals surface area contributed by atoms with E-state index in [1.165, 1.54) is 72.0 Å². The van der Waals surface area contributed by atoms with Crippen LogP contribution in [-0.2, 0) is 5.41 Å². The molecule has 0 spiro atoms. The maximum atomic E-state index is 2.52. The molecule has 7 aromatic rings. The van der Waals surface area contributed by atoms with Gasteiger partial charge in [0.15, 0.2) is 0 Å². The van der Waals surface area contributed by atoms with Crippen LogP contribution in [0.3, 0.4) is 0 Å². The molecule has 1 aliphatic heterocycles. The van der Waals surface area contributed by atoms with Crippen LogP contribution in [0.2, 0.25) is 0 Å². The zero-order valence-corrected chi connectivity index (χ0v) is 24.9. The highest BCUT2D eigenvalue weighted by Gasteiger charge is 2.38. The van der Waals surface area contributed by atoms with Gasteiger partial charge in [-0.1, -0.05) is 135 Å². The molecular formula is C42H32N2.